The Hall–Kier alpha value is -2.14. The molecule has 0 aliphatic rings. The average Bonchev–Trinajstić information content (AvgIpc) is 2.94. The molecule has 0 bridgehead atoms. The molecule has 0 amide bonds. The normalized spacial score (nSPS) is 11.3. The first kappa shape index (κ1) is 11.0. The topological polar surface area (TPSA) is 61.7 Å². The lowest BCUT2D eigenvalue weighted by atomic mass is 10.2. The van der Waals surface area contributed by atoms with Crippen LogP contribution in [-0.4, -0.2) is 19.3 Å². The maximum Gasteiger partial charge on any atom is 0.161 e. The zero-order valence-electron chi connectivity index (χ0n) is 10.5. The van der Waals surface area contributed by atoms with Crippen LogP contribution < -0.4 is 5.73 Å². The third kappa shape index (κ3) is 1.52. The van der Waals surface area contributed by atoms with Gasteiger partial charge in [0.2, 0.25) is 0 Å². The third-order valence-electron chi connectivity index (χ3n) is 3.16. The van der Waals surface area contributed by atoms with Gasteiger partial charge in [-0.05, 0) is 17.7 Å². The van der Waals surface area contributed by atoms with Crippen molar-refractivity contribution < 1.29 is 0 Å². The highest BCUT2D eigenvalue weighted by atomic mass is 15.3. The molecule has 18 heavy (non-hydrogen) atoms. The molecule has 0 aliphatic heterocycles. The highest BCUT2D eigenvalue weighted by molar-refractivity contribution is 5.82. The number of nitrogens with zero attached hydrogens (tertiary/aromatic N) is 4. The van der Waals surface area contributed by atoms with Gasteiger partial charge in [-0.25, -0.2) is 4.98 Å². The van der Waals surface area contributed by atoms with Crippen LogP contribution >= 0.6 is 0 Å². The van der Waals surface area contributed by atoms with Crippen molar-refractivity contribution in [3.05, 3.63) is 36.0 Å². The molecule has 5 nitrogen and oxygen atoms in total. The molecule has 0 aliphatic carbocycles. The molecule has 3 aromatic rings. The van der Waals surface area contributed by atoms with Crippen LogP contribution in [0.4, 0.5) is 0 Å². The van der Waals surface area contributed by atoms with Crippen molar-refractivity contribution in [2.24, 2.45) is 19.8 Å². The lowest BCUT2D eigenvalue weighted by Crippen LogP contribution is -1.97. The van der Waals surface area contributed by atoms with Crippen molar-refractivity contribution >= 4 is 11.0 Å². The Bertz CT molecular complexity index is 707. The number of rotatable bonds is 2. The fraction of sp³-hybridized carbons (Fsp3) is 0.231. The fourth-order valence-electron chi connectivity index (χ4n) is 2.20. The van der Waals surface area contributed by atoms with Crippen molar-refractivity contribution in [3.8, 4) is 11.5 Å². The first-order chi connectivity index (χ1) is 8.70. The highest BCUT2D eigenvalue weighted by Crippen LogP contribution is 2.24. The molecule has 0 saturated carbocycles. The van der Waals surface area contributed by atoms with Gasteiger partial charge in [0.1, 0.15) is 5.69 Å². The Labute approximate surface area is 105 Å². The second-order valence-electron chi connectivity index (χ2n) is 4.36. The molecule has 2 heterocycles. The Balaban J connectivity index is 2.28. The fourth-order valence-corrected chi connectivity index (χ4v) is 2.20. The van der Waals surface area contributed by atoms with E-state index in [-0.39, 0.29) is 0 Å². The lowest BCUT2D eigenvalue weighted by Gasteiger charge is -1.99. The van der Waals surface area contributed by atoms with E-state index in [2.05, 4.69) is 14.6 Å². The number of hydrogen-bond acceptors (Lipinski definition) is 3. The van der Waals surface area contributed by atoms with Crippen LogP contribution in [0.1, 0.15) is 5.56 Å². The largest absolute Gasteiger partial charge is 0.326 e. The van der Waals surface area contributed by atoms with Gasteiger partial charge < -0.3 is 10.3 Å². The number of nitrogens with two attached hydrogens (primary N) is 1. The molecule has 0 fully saturated rings. The summed E-state index contributed by atoms with van der Waals surface area (Å²) < 4.78 is 3.83. The quantitative estimate of drug-likeness (QED) is 0.738. The minimum absolute atomic E-state index is 0.496. The van der Waals surface area contributed by atoms with Gasteiger partial charge in [0.25, 0.3) is 0 Å². The van der Waals surface area contributed by atoms with Gasteiger partial charge in [-0.2, -0.15) is 5.10 Å². The monoisotopic (exact) mass is 241 g/mol. The number of aryl methyl sites for hydroxylation is 2. The third-order valence-corrected chi connectivity index (χ3v) is 3.16. The standard InChI is InChI=1S/C13H15N5/c1-17-7-6-10(16-17)13-15-12-9(8-14)4-3-5-11(12)18(13)2/h3-7H,8,14H2,1-2H3. The molecule has 1 aromatic carbocycles. The van der Waals surface area contributed by atoms with Gasteiger partial charge in [-0.1, -0.05) is 12.1 Å². The van der Waals surface area contributed by atoms with Crippen LogP contribution in [0.25, 0.3) is 22.6 Å². The summed E-state index contributed by atoms with van der Waals surface area (Å²) in [5.41, 5.74) is 9.73. The van der Waals surface area contributed by atoms with Gasteiger partial charge >= 0.3 is 0 Å². The molecule has 3 rings (SSSR count). The number of aromatic nitrogens is 4. The van der Waals surface area contributed by atoms with Crippen LogP contribution in [0.15, 0.2) is 30.5 Å². The second kappa shape index (κ2) is 3.96. The van der Waals surface area contributed by atoms with Crippen LogP contribution in [-0.2, 0) is 20.6 Å². The van der Waals surface area contributed by atoms with Crippen molar-refractivity contribution in [3.63, 3.8) is 0 Å². The molecular weight excluding hydrogens is 226 g/mol. The van der Waals surface area contributed by atoms with E-state index in [0.29, 0.717) is 6.54 Å². The summed E-state index contributed by atoms with van der Waals surface area (Å²) in [7, 11) is 3.90. The minimum Gasteiger partial charge on any atom is -0.326 e. The highest BCUT2D eigenvalue weighted by Gasteiger charge is 2.13. The minimum atomic E-state index is 0.496. The Morgan fingerprint density at radius 3 is 2.72 bits per heavy atom. The number of imidazole rings is 1. The number of fused-ring (bicyclic) bond motifs is 1. The Morgan fingerprint density at radius 2 is 2.06 bits per heavy atom. The number of hydrogen-bond donors (Lipinski definition) is 1. The second-order valence-corrected chi connectivity index (χ2v) is 4.36. The molecule has 0 saturated heterocycles. The van der Waals surface area contributed by atoms with Crippen molar-refractivity contribution in [2.45, 2.75) is 6.54 Å². The van der Waals surface area contributed by atoms with Crippen LogP contribution in [0.2, 0.25) is 0 Å². The first-order valence-electron chi connectivity index (χ1n) is 5.85. The van der Waals surface area contributed by atoms with Gasteiger partial charge in [0.05, 0.1) is 11.0 Å². The van der Waals surface area contributed by atoms with E-state index in [1.54, 1.807) is 4.68 Å². The number of para-hydroxylation sites is 1. The van der Waals surface area contributed by atoms with Crippen LogP contribution in [0.5, 0.6) is 0 Å². The first-order valence-corrected chi connectivity index (χ1v) is 5.85. The summed E-state index contributed by atoms with van der Waals surface area (Å²) in [6, 6.07) is 8.03. The lowest BCUT2D eigenvalue weighted by molar-refractivity contribution is 0.766. The van der Waals surface area contributed by atoms with E-state index < -0.39 is 0 Å². The van der Waals surface area contributed by atoms with Gasteiger partial charge in [0, 0.05) is 26.8 Å². The summed E-state index contributed by atoms with van der Waals surface area (Å²) >= 11 is 0. The summed E-state index contributed by atoms with van der Waals surface area (Å²) in [5, 5.41) is 4.39. The smallest absolute Gasteiger partial charge is 0.161 e. The molecule has 0 radical (unpaired) electrons. The Kier molecular flexibility index (Phi) is 2.41. The maximum absolute atomic E-state index is 5.75. The van der Waals surface area contributed by atoms with Gasteiger partial charge in [0.15, 0.2) is 5.82 Å². The summed E-state index contributed by atoms with van der Waals surface area (Å²) in [4.78, 5) is 4.67. The van der Waals surface area contributed by atoms with E-state index in [4.69, 9.17) is 5.73 Å². The van der Waals surface area contributed by atoms with Crippen molar-refractivity contribution in [1.29, 1.82) is 0 Å². The van der Waals surface area contributed by atoms with Crippen molar-refractivity contribution in [2.75, 3.05) is 0 Å². The van der Waals surface area contributed by atoms with E-state index in [9.17, 15) is 0 Å². The molecule has 0 unspecified atom stereocenters. The van der Waals surface area contributed by atoms with Crippen LogP contribution in [0.3, 0.4) is 0 Å². The Morgan fingerprint density at radius 1 is 1.22 bits per heavy atom. The molecule has 2 N–H and O–H groups in total. The average molecular weight is 241 g/mol. The molecule has 0 atom stereocenters. The molecule has 5 heteroatoms. The van der Waals surface area contributed by atoms with E-state index in [1.165, 1.54) is 0 Å². The zero-order valence-corrected chi connectivity index (χ0v) is 10.5. The summed E-state index contributed by atoms with van der Waals surface area (Å²) in [6.07, 6.45) is 1.92. The molecule has 2 aromatic heterocycles. The molecule has 0 spiro atoms. The predicted molar refractivity (Wildman–Crippen MR) is 70.8 cm³/mol. The zero-order chi connectivity index (χ0) is 12.7. The van der Waals surface area contributed by atoms with Crippen LogP contribution in [0, 0.1) is 0 Å². The summed E-state index contributed by atoms with van der Waals surface area (Å²) in [6.45, 7) is 0.496. The van der Waals surface area contributed by atoms with E-state index in [1.807, 2.05) is 44.6 Å². The van der Waals surface area contributed by atoms with E-state index >= 15 is 0 Å². The van der Waals surface area contributed by atoms with Crippen molar-refractivity contribution in [1.82, 2.24) is 19.3 Å². The molecule has 92 valence electrons. The summed E-state index contributed by atoms with van der Waals surface area (Å²) in [5.74, 6) is 0.867. The van der Waals surface area contributed by atoms with Gasteiger partial charge in [-0.15, -0.1) is 0 Å². The maximum atomic E-state index is 5.75. The molecular formula is C13H15N5. The SMILES string of the molecule is Cn1ccc(-c2nc3c(CN)cccc3n2C)n1. The van der Waals surface area contributed by atoms with Gasteiger partial charge in [-0.3, -0.25) is 4.68 Å². The number of benzene rings is 1. The predicted octanol–water partition coefficient (Wildman–Crippen LogP) is 1.43. The van der Waals surface area contributed by atoms with E-state index in [0.717, 1.165) is 28.1 Å².